The molecule has 2 aromatic carbocycles. The minimum atomic E-state index is 0.432. The molecule has 7 heteroatoms. The first-order chi connectivity index (χ1) is 12.2. The summed E-state index contributed by atoms with van der Waals surface area (Å²) in [7, 11) is 1.60. The van der Waals surface area contributed by atoms with Crippen molar-refractivity contribution in [3.8, 4) is 11.5 Å². The fourth-order valence-electron chi connectivity index (χ4n) is 2.40. The van der Waals surface area contributed by atoms with Crippen LogP contribution >= 0.6 is 11.6 Å². The van der Waals surface area contributed by atoms with Crippen molar-refractivity contribution >= 4 is 11.6 Å². The highest BCUT2D eigenvalue weighted by molar-refractivity contribution is 6.32. The highest BCUT2D eigenvalue weighted by Crippen LogP contribution is 2.37. The molecule has 0 bridgehead atoms. The summed E-state index contributed by atoms with van der Waals surface area (Å²) >= 11 is 6.42. The predicted molar refractivity (Wildman–Crippen MR) is 96.6 cm³/mol. The van der Waals surface area contributed by atoms with Crippen LogP contribution in [0, 0.1) is 6.92 Å². The number of nitrogens with zero attached hydrogens (tertiary/aromatic N) is 3. The van der Waals surface area contributed by atoms with Gasteiger partial charge in [0, 0.05) is 0 Å². The van der Waals surface area contributed by atoms with Crippen LogP contribution < -0.4 is 14.9 Å². The normalized spacial score (nSPS) is 10.5. The maximum absolute atomic E-state index is 6.42. The van der Waals surface area contributed by atoms with Gasteiger partial charge in [-0.15, -0.1) is 10.2 Å². The fraction of sp³-hybridized carbons (Fsp3) is 0.222. The topological polar surface area (TPSA) is 61.2 Å². The van der Waals surface area contributed by atoms with E-state index in [1.54, 1.807) is 24.4 Å². The number of aryl methyl sites for hydroxylation is 1. The average Bonchev–Trinajstić information content (AvgIpc) is 3.13. The Balaban J connectivity index is 1.74. The first kappa shape index (κ1) is 17.1. The summed E-state index contributed by atoms with van der Waals surface area (Å²) in [4.78, 5) is 0. The summed E-state index contributed by atoms with van der Waals surface area (Å²) in [5.74, 6) is 1.14. The fourth-order valence-corrected chi connectivity index (χ4v) is 2.69. The summed E-state index contributed by atoms with van der Waals surface area (Å²) in [6.07, 6.45) is 3.16. The molecule has 0 aliphatic carbocycles. The second-order valence-corrected chi connectivity index (χ2v) is 5.94. The number of methoxy groups -OCH3 is 1. The van der Waals surface area contributed by atoms with Gasteiger partial charge in [-0.05, 0) is 35.7 Å². The highest BCUT2D eigenvalue weighted by Gasteiger charge is 2.13. The van der Waals surface area contributed by atoms with Crippen LogP contribution in [-0.4, -0.2) is 22.0 Å². The second kappa shape index (κ2) is 7.90. The van der Waals surface area contributed by atoms with Gasteiger partial charge < -0.3 is 14.9 Å². The van der Waals surface area contributed by atoms with Crippen molar-refractivity contribution in [3.05, 3.63) is 70.8 Å². The molecular formula is C18H19ClN4O2. The first-order valence-corrected chi connectivity index (χ1v) is 8.17. The number of nitrogens with one attached hydrogen (secondary N) is 1. The third-order valence-corrected chi connectivity index (χ3v) is 4.09. The van der Waals surface area contributed by atoms with Gasteiger partial charge in [-0.1, -0.05) is 35.9 Å². The molecule has 25 heavy (non-hydrogen) atoms. The molecule has 3 rings (SSSR count). The number of hydrogen-bond donors (Lipinski definition) is 1. The van der Waals surface area contributed by atoms with Crippen molar-refractivity contribution in [1.29, 1.82) is 0 Å². The maximum Gasteiger partial charge on any atom is 0.180 e. The van der Waals surface area contributed by atoms with E-state index in [0.717, 1.165) is 11.1 Å². The van der Waals surface area contributed by atoms with Crippen molar-refractivity contribution in [2.75, 3.05) is 12.5 Å². The molecule has 0 saturated heterocycles. The van der Waals surface area contributed by atoms with Gasteiger partial charge in [-0.25, -0.2) is 4.68 Å². The lowest BCUT2D eigenvalue weighted by Crippen LogP contribution is -2.12. The molecular weight excluding hydrogens is 340 g/mol. The Kier molecular flexibility index (Phi) is 5.40. The summed E-state index contributed by atoms with van der Waals surface area (Å²) in [5, 5.41) is 7.99. The van der Waals surface area contributed by atoms with Crippen LogP contribution in [0.15, 0.2) is 49.1 Å². The van der Waals surface area contributed by atoms with Crippen molar-refractivity contribution < 1.29 is 9.47 Å². The van der Waals surface area contributed by atoms with E-state index in [1.807, 2.05) is 30.3 Å². The number of rotatable bonds is 7. The van der Waals surface area contributed by atoms with Crippen molar-refractivity contribution in [2.45, 2.75) is 20.1 Å². The van der Waals surface area contributed by atoms with Crippen molar-refractivity contribution in [1.82, 2.24) is 14.9 Å². The lowest BCUT2D eigenvalue weighted by atomic mass is 10.1. The molecule has 3 aromatic rings. The zero-order chi connectivity index (χ0) is 17.6. The van der Waals surface area contributed by atoms with Gasteiger partial charge in [0.25, 0.3) is 0 Å². The molecule has 1 N–H and O–H groups in total. The summed E-state index contributed by atoms with van der Waals surface area (Å²) in [6, 6.07) is 11.8. The Morgan fingerprint density at radius 2 is 1.92 bits per heavy atom. The Labute approximate surface area is 151 Å². The van der Waals surface area contributed by atoms with E-state index in [9.17, 15) is 0 Å². The molecule has 1 heterocycles. The molecule has 0 aliphatic rings. The SMILES string of the molecule is COc1cc(CNn2cnnc2)cc(Cl)c1OCc1ccccc1C. The van der Waals surface area contributed by atoms with Gasteiger partial charge in [-0.3, -0.25) is 0 Å². The standard InChI is InChI=1S/C18H19ClN4O2/c1-13-5-3-4-6-15(13)10-25-18-16(19)7-14(8-17(18)24-2)9-22-23-11-20-21-12-23/h3-8,11-12,22H,9-10H2,1-2H3. The third kappa shape index (κ3) is 4.22. The van der Waals surface area contributed by atoms with E-state index in [4.69, 9.17) is 21.1 Å². The van der Waals surface area contributed by atoms with Gasteiger partial charge >= 0.3 is 0 Å². The zero-order valence-corrected chi connectivity index (χ0v) is 14.8. The zero-order valence-electron chi connectivity index (χ0n) is 14.1. The molecule has 130 valence electrons. The number of hydrogen-bond acceptors (Lipinski definition) is 5. The van der Waals surface area contributed by atoms with E-state index >= 15 is 0 Å². The van der Waals surface area contributed by atoms with Gasteiger partial charge in [0.1, 0.15) is 19.3 Å². The predicted octanol–water partition coefficient (Wildman–Crippen LogP) is 3.57. The highest BCUT2D eigenvalue weighted by atomic mass is 35.5. The molecule has 0 radical (unpaired) electrons. The number of benzene rings is 2. The van der Waals surface area contributed by atoms with Crippen molar-refractivity contribution in [3.63, 3.8) is 0 Å². The van der Waals surface area contributed by atoms with Crippen LogP contribution in [0.3, 0.4) is 0 Å². The molecule has 0 unspecified atom stereocenters. The van der Waals surface area contributed by atoms with Crippen LogP contribution in [0.25, 0.3) is 0 Å². The van der Waals surface area contributed by atoms with Crippen LogP contribution in [0.5, 0.6) is 11.5 Å². The molecule has 0 spiro atoms. The molecule has 0 amide bonds. The van der Waals surface area contributed by atoms with E-state index in [2.05, 4.69) is 28.6 Å². The largest absolute Gasteiger partial charge is 0.493 e. The molecule has 6 nitrogen and oxygen atoms in total. The third-order valence-electron chi connectivity index (χ3n) is 3.81. The number of halogens is 1. The van der Waals surface area contributed by atoms with E-state index in [1.165, 1.54) is 5.56 Å². The Hall–Kier alpha value is -2.73. The minimum Gasteiger partial charge on any atom is -0.493 e. The quantitative estimate of drug-likeness (QED) is 0.699. The molecule has 0 aliphatic heterocycles. The van der Waals surface area contributed by atoms with E-state index < -0.39 is 0 Å². The summed E-state index contributed by atoms with van der Waals surface area (Å²) in [6.45, 7) is 3.03. The molecule has 0 atom stereocenters. The van der Waals surface area contributed by atoms with E-state index in [-0.39, 0.29) is 0 Å². The van der Waals surface area contributed by atoms with Crippen LogP contribution in [-0.2, 0) is 13.2 Å². The van der Waals surface area contributed by atoms with Gasteiger partial charge in [-0.2, -0.15) is 0 Å². The van der Waals surface area contributed by atoms with Gasteiger partial charge in [0.15, 0.2) is 11.5 Å². The lowest BCUT2D eigenvalue weighted by Gasteiger charge is -2.15. The molecule has 0 saturated carbocycles. The first-order valence-electron chi connectivity index (χ1n) is 7.79. The molecule has 0 fully saturated rings. The second-order valence-electron chi connectivity index (χ2n) is 5.53. The summed E-state index contributed by atoms with van der Waals surface area (Å²) < 4.78 is 13.1. The Morgan fingerprint density at radius 1 is 1.16 bits per heavy atom. The average molecular weight is 359 g/mol. The number of ether oxygens (including phenoxy) is 2. The van der Waals surface area contributed by atoms with Crippen LogP contribution in [0.4, 0.5) is 0 Å². The smallest absolute Gasteiger partial charge is 0.180 e. The van der Waals surface area contributed by atoms with Crippen molar-refractivity contribution in [2.24, 2.45) is 0 Å². The van der Waals surface area contributed by atoms with E-state index in [0.29, 0.717) is 29.7 Å². The van der Waals surface area contributed by atoms with Gasteiger partial charge in [0.2, 0.25) is 0 Å². The lowest BCUT2D eigenvalue weighted by molar-refractivity contribution is 0.284. The summed E-state index contributed by atoms with van der Waals surface area (Å²) in [5.41, 5.74) is 6.38. The van der Waals surface area contributed by atoms with Crippen LogP contribution in [0.1, 0.15) is 16.7 Å². The maximum atomic E-state index is 6.42. The molecule has 1 aromatic heterocycles. The monoisotopic (exact) mass is 358 g/mol. The minimum absolute atomic E-state index is 0.432. The van der Waals surface area contributed by atoms with Gasteiger partial charge in [0.05, 0.1) is 18.7 Å². The Morgan fingerprint density at radius 3 is 2.64 bits per heavy atom. The number of aromatic nitrogens is 3. The Bertz CT molecular complexity index is 837. The van der Waals surface area contributed by atoms with Crippen LogP contribution in [0.2, 0.25) is 5.02 Å².